The minimum Gasteiger partial charge on any atom is -0.507 e. The number of phenols is 1. The number of amides is 1. The van der Waals surface area contributed by atoms with Crippen LogP contribution in [0.2, 0.25) is 0 Å². The molecule has 1 amide bonds. The number of benzene rings is 2. The van der Waals surface area contributed by atoms with Gasteiger partial charge < -0.3 is 10.4 Å². The molecule has 2 aromatic heterocycles. The predicted octanol–water partition coefficient (Wildman–Crippen LogP) is 5.11. The van der Waals surface area contributed by atoms with Crippen LogP contribution in [0.4, 0.5) is 5.82 Å². The monoisotopic (exact) mass is 548 g/mol. The lowest BCUT2D eigenvalue weighted by atomic mass is 9.93. The Balaban J connectivity index is 1.58. The first-order chi connectivity index (χ1) is 18.3. The number of aromatic nitrogens is 2. The van der Waals surface area contributed by atoms with E-state index < -0.39 is 10.0 Å². The molecule has 3 N–H and O–H groups in total. The van der Waals surface area contributed by atoms with Crippen LogP contribution in [0.1, 0.15) is 38.6 Å². The van der Waals surface area contributed by atoms with Gasteiger partial charge in [-0.2, -0.15) is 0 Å². The highest BCUT2D eigenvalue weighted by Crippen LogP contribution is 2.28. The summed E-state index contributed by atoms with van der Waals surface area (Å²) in [6.07, 6.45) is 5.04. The number of rotatable bonds is 11. The molecule has 0 aliphatic rings. The lowest BCUT2D eigenvalue weighted by molar-refractivity contribution is 0.0948. The average molecular weight is 549 g/mol. The number of nitrogens with zero attached hydrogens (tertiary/aromatic N) is 2. The summed E-state index contributed by atoms with van der Waals surface area (Å²) in [5.41, 5.74) is 2.94. The molecule has 0 radical (unpaired) electrons. The summed E-state index contributed by atoms with van der Waals surface area (Å²) in [6.45, 7) is 5.72. The van der Waals surface area contributed by atoms with Gasteiger partial charge in [-0.1, -0.05) is 49.9 Å². The van der Waals surface area contributed by atoms with E-state index in [2.05, 4.69) is 33.5 Å². The molecule has 4 aromatic rings. The predicted molar refractivity (Wildman–Crippen MR) is 151 cm³/mol. The summed E-state index contributed by atoms with van der Waals surface area (Å²) < 4.78 is 25.8. The van der Waals surface area contributed by atoms with Crippen LogP contribution in [-0.4, -0.2) is 35.9 Å². The van der Waals surface area contributed by atoms with Crippen molar-refractivity contribution < 1.29 is 18.3 Å². The zero-order valence-electron chi connectivity index (χ0n) is 20.8. The maximum absolute atomic E-state index is 12.8. The molecule has 0 saturated heterocycles. The highest BCUT2D eigenvalue weighted by molar-refractivity contribution is 7.95. The van der Waals surface area contributed by atoms with Gasteiger partial charge in [0.05, 0.1) is 10.6 Å². The fraction of sp³-hybridized carbons (Fsp3) is 0.179. The number of aromatic hydroxyl groups is 1. The van der Waals surface area contributed by atoms with E-state index in [1.165, 1.54) is 10.9 Å². The Morgan fingerprint density at radius 1 is 1.08 bits per heavy atom. The van der Waals surface area contributed by atoms with Gasteiger partial charge in [0.15, 0.2) is 0 Å². The minimum atomic E-state index is -3.64. The number of hydrogen-bond acceptors (Lipinski definition) is 7. The van der Waals surface area contributed by atoms with Crippen molar-refractivity contribution in [2.75, 3.05) is 11.3 Å². The van der Waals surface area contributed by atoms with Crippen LogP contribution >= 0.6 is 11.3 Å². The number of para-hydroxylation sites is 1. The second-order valence-corrected chi connectivity index (χ2v) is 11.4. The first kappa shape index (κ1) is 27.0. The third-order valence-electron chi connectivity index (χ3n) is 5.95. The minimum absolute atomic E-state index is 0.0672. The fourth-order valence-electron chi connectivity index (χ4n) is 3.89. The largest absolute Gasteiger partial charge is 0.507 e. The van der Waals surface area contributed by atoms with E-state index in [-0.39, 0.29) is 29.0 Å². The van der Waals surface area contributed by atoms with E-state index in [1.807, 2.05) is 30.5 Å². The fourth-order valence-corrected chi connectivity index (χ4v) is 5.32. The number of carbonyl (C=O) groups excluding carboxylic acids is 1. The first-order valence-electron chi connectivity index (χ1n) is 12.0. The number of hydrogen-bond donors (Lipinski definition) is 3. The molecular weight excluding hydrogens is 520 g/mol. The van der Waals surface area contributed by atoms with Crippen LogP contribution in [0.5, 0.6) is 5.75 Å². The van der Waals surface area contributed by atoms with Crippen LogP contribution in [0, 0.1) is 0 Å². The summed E-state index contributed by atoms with van der Waals surface area (Å²) in [7, 11) is -3.64. The van der Waals surface area contributed by atoms with Crippen LogP contribution in [0.15, 0.2) is 85.0 Å². The van der Waals surface area contributed by atoms with Gasteiger partial charge in [0, 0.05) is 47.1 Å². The smallest absolute Gasteiger partial charge is 0.255 e. The van der Waals surface area contributed by atoms with Gasteiger partial charge in [0.25, 0.3) is 15.9 Å². The van der Waals surface area contributed by atoms with Crippen molar-refractivity contribution in [2.45, 2.75) is 25.7 Å². The lowest BCUT2D eigenvalue weighted by Gasteiger charge is -2.18. The quantitative estimate of drug-likeness (QED) is 0.239. The van der Waals surface area contributed by atoms with Crippen molar-refractivity contribution in [3.05, 3.63) is 106 Å². The van der Waals surface area contributed by atoms with Crippen molar-refractivity contribution in [2.24, 2.45) is 0 Å². The van der Waals surface area contributed by atoms with Crippen molar-refractivity contribution in [3.63, 3.8) is 0 Å². The maximum Gasteiger partial charge on any atom is 0.255 e. The van der Waals surface area contributed by atoms with Crippen molar-refractivity contribution in [1.29, 1.82) is 0 Å². The van der Waals surface area contributed by atoms with Crippen molar-refractivity contribution in [1.82, 2.24) is 15.3 Å². The second kappa shape index (κ2) is 12.0. The molecule has 1 atom stereocenters. The number of carbonyl (C=O) groups is 1. The van der Waals surface area contributed by atoms with Gasteiger partial charge >= 0.3 is 0 Å². The van der Waals surface area contributed by atoms with Crippen LogP contribution in [0.25, 0.3) is 11.1 Å². The molecule has 8 nitrogen and oxygen atoms in total. The van der Waals surface area contributed by atoms with Gasteiger partial charge in [-0.15, -0.1) is 11.3 Å². The van der Waals surface area contributed by atoms with Gasteiger partial charge in [-0.25, -0.2) is 18.4 Å². The number of pyridine rings is 1. The molecule has 0 unspecified atom stereocenters. The van der Waals surface area contributed by atoms with E-state index >= 15 is 0 Å². The Bertz CT molecular complexity index is 1530. The van der Waals surface area contributed by atoms with Gasteiger partial charge in [0.1, 0.15) is 11.6 Å². The third-order valence-corrected chi connectivity index (χ3v) is 8.05. The summed E-state index contributed by atoms with van der Waals surface area (Å²) in [4.78, 5) is 22.8. The maximum atomic E-state index is 12.8. The molecule has 38 heavy (non-hydrogen) atoms. The number of aryl methyl sites for hydroxylation is 1. The summed E-state index contributed by atoms with van der Waals surface area (Å²) in [6, 6.07) is 17.8. The summed E-state index contributed by atoms with van der Waals surface area (Å²) >= 11 is 1.66. The van der Waals surface area contributed by atoms with Crippen molar-refractivity contribution in [3.8, 4) is 16.9 Å². The molecule has 0 aliphatic carbocycles. The van der Waals surface area contributed by atoms with Crippen molar-refractivity contribution >= 4 is 33.1 Å². The number of sulfonamides is 1. The molecule has 2 aromatic carbocycles. The molecule has 0 saturated carbocycles. The first-order valence-corrected chi connectivity index (χ1v) is 14.4. The summed E-state index contributed by atoms with van der Waals surface area (Å²) in [5.74, 6) is -0.293. The molecule has 2 heterocycles. The Morgan fingerprint density at radius 3 is 2.58 bits per heavy atom. The van der Waals surface area contributed by atoms with E-state index in [1.54, 1.807) is 47.9 Å². The Labute approximate surface area is 226 Å². The lowest BCUT2D eigenvalue weighted by Crippen LogP contribution is -2.29. The Hall–Kier alpha value is -4.02. The molecule has 0 spiro atoms. The topological polar surface area (TPSA) is 121 Å². The normalized spacial score (nSPS) is 12.0. The number of thiazole rings is 1. The van der Waals surface area contributed by atoms with E-state index in [4.69, 9.17) is 0 Å². The Kier molecular flexibility index (Phi) is 8.55. The van der Waals surface area contributed by atoms with Gasteiger partial charge in [-0.05, 0) is 41.8 Å². The Morgan fingerprint density at radius 2 is 1.89 bits per heavy atom. The molecule has 196 valence electrons. The summed E-state index contributed by atoms with van der Waals surface area (Å²) in [5, 5.41) is 14.8. The van der Waals surface area contributed by atoms with Gasteiger partial charge in [-0.3, -0.25) is 9.52 Å². The zero-order valence-corrected chi connectivity index (χ0v) is 22.4. The highest BCUT2D eigenvalue weighted by Gasteiger charge is 2.19. The molecule has 0 bridgehead atoms. The van der Waals surface area contributed by atoms with Crippen LogP contribution in [0.3, 0.4) is 0 Å². The third kappa shape index (κ3) is 6.84. The molecule has 10 heteroatoms. The van der Waals surface area contributed by atoms with Crippen LogP contribution < -0.4 is 10.0 Å². The van der Waals surface area contributed by atoms with E-state index in [0.29, 0.717) is 13.0 Å². The molecule has 4 rings (SSSR count). The number of phenolic OH excluding ortho intramolecular Hbond substituents is 1. The van der Waals surface area contributed by atoms with E-state index in [9.17, 15) is 18.3 Å². The average Bonchev–Trinajstić information content (AvgIpc) is 3.39. The second-order valence-electron chi connectivity index (χ2n) is 8.57. The molecule has 0 fully saturated rings. The van der Waals surface area contributed by atoms with E-state index in [0.717, 1.165) is 33.5 Å². The van der Waals surface area contributed by atoms with Gasteiger partial charge in [0.2, 0.25) is 0 Å². The zero-order chi connectivity index (χ0) is 27.1. The molecule has 0 aliphatic heterocycles. The number of anilines is 1. The number of nitrogens with one attached hydrogen (secondary N) is 2. The highest BCUT2D eigenvalue weighted by atomic mass is 32.2. The standard InChI is InChI=1S/C28H28N4O4S2/c1-3-23-18-30-27(37-23)15-22(17-31-28(34)24-10-5-6-11-25(24)33)20-9-7-8-19(14-20)21-12-13-26(29-16-21)32-38(35,36)4-2/h4-14,16,18,22,33H,2-3,15,17H2,1H3,(H,29,32)(H,31,34)/t22-/m1/s1. The SMILES string of the molecule is C=CS(=O)(=O)Nc1ccc(-c2cccc([C@@H](CNC(=O)c3ccccc3O)Cc3ncc(CC)s3)c2)cn1. The molecular formula is C28H28N4O4S2. The van der Waals surface area contributed by atoms with Crippen LogP contribution in [-0.2, 0) is 22.9 Å².